The van der Waals surface area contributed by atoms with E-state index in [2.05, 4.69) is 0 Å². The number of carbonyl (C=O) groups is 1. The maximum Gasteiger partial charge on any atom is 0.334 e. The van der Waals surface area contributed by atoms with E-state index in [-0.39, 0.29) is 6.54 Å². The summed E-state index contributed by atoms with van der Waals surface area (Å²) in [7, 11) is 0. The van der Waals surface area contributed by atoms with Crippen LogP contribution in [0.4, 0.5) is 0 Å². The lowest BCUT2D eigenvalue weighted by Crippen LogP contribution is -2.46. The number of carboxylic acids is 1. The molecule has 92 valence electrons. The number of nitrogens with zero attached hydrogens (tertiary/aromatic N) is 2. The van der Waals surface area contributed by atoms with Crippen LogP contribution in [-0.2, 0) is 11.3 Å². The van der Waals surface area contributed by atoms with Gasteiger partial charge in [-0.2, -0.15) is 0 Å². The largest absolute Gasteiger partial charge is 0.479 e. The van der Waals surface area contributed by atoms with E-state index in [9.17, 15) is 14.9 Å². The molecule has 1 atom stereocenters. The summed E-state index contributed by atoms with van der Waals surface area (Å²) in [6.07, 6.45) is 0. The van der Waals surface area contributed by atoms with Gasteiger partial charge >= 0.3 is 5.97 Å². The number of carboxylic acid groups (broad SMARTS) is 1. The van der Waals surface area contributed by atoms with Crippen molar-refractivity contribution in [1.82, 2.24) is 5.01 Å². The van der Waals surface area contributed by atoms with Crippen molar-refractivity contribution in [3.63, 3.8) is 0 Å². The summed E-state index contributed by atoms with van der Waals surface area (Å²) in [5.41, 5.74) is 0.601. The van der Waals surface area contributed by atoms with Gasteiger partial charge in [-0.25, -0.2) is 14.9 Å². The van der Waals surface area contributed by atoms with Gasteiger partial charge in [0.1, 0.15) is 6.54 Å². The molecule has 0 radical (unpaired) electrons. The van der Waals surface area contributed by atoms with Gasteiger partial charge in [0.15, 0.2) is 5.03 Å². The highest BCUT2D eigenvalue weighted by Crippen LogP contribution is 2.08. The summed E-state index contributed by atoms with van der Waals surface area (Å²) in [4.78, 5) is 21.5. The number of hydrazine groups is 1. The summed E-state index contributed by atoms with van der Waals surface area (Å²) in [6.45, 7) is -0.992. The van der Waals surface area contributed by atoms with Crippen molar-refractivity contribution in [1.29, 1.82) is 0 Å². The summed E-state index contributed by atoms with van der Waals surface area (Å²) in [5, 5.41) is 28.1. The van der Waals surface area contributed by atoms with E-state index in [0.29, 0.717) is 10.6 Å². The lowest BCUT2D eigenvalue weighted by atomic mass is 10.2. The molecular formula is C10H12N2O5. The number of hydrogen-bond donors (Lipinski definition) is 2. The zero-order valence-electron chi connectivity index (χ0n) is 8.89. The fourth-order valence-electron chi connectivity index (χ4n) is 1.35. The normalized spacial score (nSPS) is 11.8. The first kappa shape index (κ1) is 12.9. The van der Waals surface area contributed by atoms with Crippen LogP contribution in [0, 0.1) is 10.1 Å². The Morgan fingerprint density at radius 1 is 1.41 bits per heavy atom. The number of aliphatic carboxylic acids is 1. The summed E-state index contributed by atoms with van der Waals surface area (Å²) < 4.78 is 0. The third-order valence-corrected chi connectivity index (χ3v) is 2.21. The zero-order chi connectivity index (χ0) is 12.8. The maximum atomic E-state index is 10.8. The van der Waals surface area contributed by atoms with E-state index in [1.165, 1.54) is 0 Å². The summed E-state index contributed by atoms with van der Waals surface area (Å²) in [5.74, 6) is -1.43. The molecule has 0 aliphatic carbocycles. The molecule has 1 rings (SSSR count). The van der Waals surface area contributed by atoms with E-state index in [4.69, 9.17) is 10.2 Å². The number of benzene rings is 1. The lowest BCUT2D eigenvalue weighted by molar-refractivity contribution is -0.666. The smallest absolute Gasteiger partial charge is 0.334 e. The van der Waals surface area contributed by atoms with Crippen molar-refractivity contribution >= 4 is 5.97 Å². The predicted molar refractivity (Wildman–Crippen MR) is 57.5 cm³/mol. The van der Waals surface area contributed by atoms with Crippen LogP contribution in [0.3, 0.4) is 0 Å². The van der Waals surface area contributed by atoms with Gasteiger partial charge in [-0.05, 0) is 5.56 Å². The molecule has 7 heteroatoms. The molecule has 0 aliphatic rings. The third kappa shape index (κ3) is 3.42. The molecule has 0 aromatic heterocycles. The molecule has 0 heterocycles. The minimum absolute atomic E-state index is 0.175. The topological polar surface area (TPSA) is 104 Å². The van der Waals surface area contributed by atoms with Gasteiger partial charge in [-0.3, -0.25) is 0 Å². The SMILES string of the molecule is O=C(O)C(CO)N(Cc1ccccc1)[N+](=O)[O-]. The fraction of sp³-hybridized carbons (Fsp3) is 0.300. The van der Waals surface area contributed by atoms with Crippen molar-refractivity contribution in [2.45, 2.75) is 12.6 Å². The Morgan fingerprint density at radius 3 is 2.41 bits per heavy atom. The second-order valence-electron chi connectivity index (χ2n) is 3.36. The Kier molecular flexibility index (Phi) is 4.41. The van der Waals surface area contributed by atoms with Crippen molar-refractivity contribution in [3.05, 3.63) is 46.0 Å². The fourth-order valence-corrected chi connectivity index (χ4v) is 1.35. The Morgan fingerprint density at radius 2 is 2.00 bits per heavy atom. The first-order valence-corrected chi connectivity index (χ1v) is 4.84. The van der Waals surface area contributed by atoms with Gasteiger partial charge in [0, 0.05) is 0 Å². The number of aliphatic hydroxyl groups excluding tert-OH is 1. The van der Waals surface area contributed by atoms with E-state index in [1.54, 1.807) is 30.3 Å². The average Bonchev–Trinajstić information content (AvgIpc) is 2.29. The zero-order valence-corrected chi connectivity index (χ0v) is 8.89. The first-order chi connectivity index (χ1) is 8.06. The highest BCUT2D eigenvalue weighted by Gasteiger charge is 2.32. The van der Waals surface area contributed by atoms with Gasteiger partial charge in [0.25, 0.3) is 0 Å². The molecule has 0 spiro atoms. The molecule has 0 saturated carbocycles. The quantitative estimate of drug-likeness (QED) is 0.541. The van der Waals surface area contributed by atoms with Crippen LogP contribution in [0.5, 0.6) is 0 Å². The highest BCUT2D eigenvalue weighted by molar-refractivity contribution is 5.73. The minimum Gasteiger partial charge on any atom is -0.479 e. The van der Waals surface area contributed by atoms with Crippen LogP contribution >= 0.6 is 0 Å². The van der Waals surface area contributed by atoms with Crippen molar-refractivity contribution < 1.29 is 20.0 Å². The van der Waals surface area contributed by atoms with E-state index >= 15 is 0 Å². The van der Waals surface area contributed by atoms with Crippen molar-refractivity contribution in [3.8, 4) is 0 Å². The minimum atomic E-state index is -1.55. The molecule has 0 amide bonds. The molecule has 0 bridgehead atoms. The Bertz CT molecular complexity index is 395. The molecule has 1 unspecified atom stereocenters. The van der Waals surface area contributed by atoms with Crippen LogP contribution in [0.15, 0.2) is 30.3 Å². The second-order valence-corrected chi connectivity index (χ2v) is 3.36. The Balaban J connectivity index is 2.87. The highest BCUT2D eigenvalue weighted by atomic mass is 16.7. The number of aliphatic hydroxyl groups is 1. The lowest BCUT2D eigenvalue weighted by Gasteiger charge is -2.19. The molecule has 7 nitrogen and oxygen atoms in total. The van der Waals surface area contributed by atoms with Crippen LogP contribution < -0.4 is 0 Å². The van der Waals surface area contributed by atoms with Crippen molar-refractivity contribution in [2.24, 2.45) is 0 Å². The molecule has 1 aromatic rings. The molecule has 0 fully saturated rings. The van der Waals surface area contributed by atoms with Gasteiger partial charge in [-0.15, -0.1) is 5.01 Å². The van der Waals surface area contributed by atoms with Crippen LogP contribution in [0.1, 0.15) is 5.56 Å². The summed E-state index contributed by atoms with van der Waals surface area (Å²) >= 11 is 0. The average molecular weight is 240 g/mol. The number of rotatable bonds is 6. The molecule has 2 N–H and O–H groups in total. The van der Waals surface area contributed by atoms with Crippen LogP contribution in [-0.4, -0.2) is 38.9 Å². The molecule has 1 aromatic carbocycles. The monoisotopic (exact) mass is 240 g/mol. The van der Waals surface area contributed by atoms with E-state index < -0.39 is 23.7 Å². The van der Waals surface area contributed by atoms with Gasteiger partial charge in [0.2, 0.25) is 6.04 Å². The molecule has 0 aliphatic heterocycles. The number of hydrogen-bond acceptors (Lipinski definition) is 4. The second kappa shape index (κ2) is 5.80. The summed E-state index contributed by atoms with van der Waals surface area (Å²) in [6, 6.07) is 6.88. The maximum absolute atomic E-state index is 10.8. The van der Waals surface area contributed by atoms with Crippen LogP contribution in [0.2, 0.25) is 0 Å². The number of nitro groups is 1. The molecule has 0 saturated heterocycles. The molecular weight excluding hydrogens is 228 g/mol. The first-order valence-electron chi connectivity index (χ1n) is 4.84. The Hall–Kier alpha value is -2.15. The van der Waals surface area contributed by atoms with E-state index in [1.807, 2.05) is 0 Å². The third-order valence-electron chi connectivity index (χ3n) is 2.21. The van der Waals surface area contributed by atoms with Crippen LogP contribution in [0.25, 0.3) is 0 Å². The van der Waals surface area contributed by atoms with Crippen molar-refractivity contribution in [2.75, 3.05) is 6.61 Å². The van der Waals surface area contributed by atoms with Gasteiger partial charge in [-0.1, -0.05) is 30.3 Å². The molecule has 17 heavy (non-hydrogen) atoms. The van der Waals surface area contributed by atoms with Gasteiger partial charge in [0.05, 0.1) is 6.61 Å². The predicted octanol–water partition coefficient (Wildman–Crippen LogP) is 0.126. The standard InChI is InChI=1S/C10H12N2O5/c13-7-9(10(14)15)11(12(16)17)6-8-4-2-1-3-5-8/h1-5,9,13H,6-7H2,(H,14,15). The van der Waals surface area contributed by atoms with Gasteiger partial charge < -0.3 is 10.2 Å². The van der Waals surface area contributed by atoms with E-state index in [0.717, 1.165) is 0 Å². The Labute approximate surface area is 97.0 Å².